The lowest BCUT2D eigenvalue weighted by Gasteiger charge is -2.32. The molecule has 2 aromatic carbocycles. The van der Waals surface area contributed by atoms with E-state index < -0.39 is 0 Å². The van der Waals surface area contributed by atoms with Crippen LogP contribution in [0.2, 0.25) is 10.0 Å². The zero-order chi connectivity index (χ0) is 18.1. The van der Waals surface area contributed by atoms with E-state index in [1.807, 2.05) is 30.3 Å². The molecule has 0 atom stereocenters. The van der Waals surface area contributed by atoms with Gasteiger partial charge >= 0.3 is 0 Å². The van der Waals surface area contributed by atoms with E-state index in [2.05, 4.69) is 14.6 Å². The lowest BCUT2D eigenvalue weighted by atomic mass is 10.1. The molecule has 1 fully saturated rings. The summed E-state index contributed by atoms with van der Waals surface area (Å²) < 4.78 is 4.78. The van der Waals surface area contributed by atoms with Crippen LogP contribution in [0.5, 0.6) is 0 Å². The number of carbonyl (C=O) groups is 1. The minimum atomic E-state index is -0.0698. The molecule has 1 aliphatic rings. The summed E-state index contributed by atoms with van der Waals surface area (Å²) in [5.41, 5.74) is 2.18. The molecular formula is C18H16Cl2N4OS. The lowest BCUT2D eigenvalue weighted by Crippen LogP contribution is -2.44. The van der Waals surface area contributed by atoms with Crippen LogP contribution in [-0.4, -0.2) is 38.6 Å². The quantitative estimate of drug-likeness (QED) is 0.632. The Hall–Kier alpha value is -1.73. The van der Waals surface area contributed by atoms with Gasteiger partial charge in [0.1, 0.15) is 5.52 Å². The van der Waals surface area contributed by atoms with E-state index in [4.69, 9.17) is 23.2 Å². The number of hydrogen-bond acceptors (Lipinski definition) is 5. The topological polar surface area (TPSA) is 49.3 Å². The molecule has 2 heterocycles. The first-order valence-corrected chi connectivity index (χ1v) is 9.89. The summed E-state index contributed by atoms with van der Waals surface area (Å²) in [5.74, 6) is -0.0698. The van der Waals surface area contributed by atoms with E-state index in [0.717, 1.165) is 41.7 Å². The summed E-state index contributed by atoms with van der Waals surface area (Å²) in [6.45, 7) is 2.07. The number of amides is 1. The molecule has 26 heavy (non-hydrogen) atoms. The zero-order valence-corrected chi connectivity index (χ0v) is 16.2. The van der Waals surface area contributed by atoms with Crippen LogP contribution in [0.25, 0.3) is 10.2 Å². The minimum absolute atomic E-state index is 0.0698. The molecule has 0 radical (unpaired) electrons. The minimum Gasteiger partial charge on any atom is -0.268 e. The van der Waals surface area contributed by atoms with Crippen molar-refractivity contribution in [2.45, 2.75) is 19.4 Å². The maximum atomic E-state index is 13.4. The first kappa shape index (κ1) is 17.7. The summed E-state index contributed by atoms with van der Waals surface area (Å²) in [5, 5.41) is 8.92. The number of fused-ring (bicyclic) bond motifs is 1. The normalized spacial score (nSPS) is 14.8. The molecule has 134 valence electrons. The van der Waals surface area contributed by atoms with Gasteiger partial charge in [0.05, 0.1) is 26.9 Å². The third-order valence-electron chi connectivity index (χ3n) is 4.52. The fourth-order valence-electron chi connectivity index (χ4n) is 3.19. The number of carbonyl (C=O) groups excluding carboxylic acids is 1. The number of nitrogens with zero attached hydrogens (tertiary/aromatic N) is 4. The van der Waals surface area contributed by atoms with E-state index in [0.29, 0.717) is 22.2 Å². The molecule has 0 saturated carbocycles. The van der Waals surface area contributed by atoms with Gasteiger partial charge in [0.2, 0.25) is 0 Å². The third-order valence-corrected chi connectivity index (χ3v) is 6.15. The molecule has 0 unspecified atom stereocenters. The van der Waals surface area contributed by atoms with Gasteiger partial charge in [0, 0.05) is 13.1 Å². The molecule has 1 saturated heterocycles. The van der Waals surface area contributed by atoms with Crippen molar-refractivity contribution in [1.82, 2.24) is 19.6 Å². The number of halogens is 2. The number of hydrazine groups is 1. The average molecular weight is 407 g/mol. The SMILES string of the molecule is O=C(c1cccc2nnsc12)N(Cc1cccc(Cl)c1Cl)N1CCCC1. The Morgan fingerprint density at radius 1 is 1.15 bits per heavy atom. The summed E-state index contributed by atoms with van der Waals surface area (Å²) in [6, 6.07) is 11.0. The molecule has 0 spiro atoms. The first-order chi connectivity index (χ1) is 12.6. The predicted molar refractivity (Wildman–Crippen MR) is 105 cm³/mol. The van der Waals surface area contributed by atoms with Gasteiger partial charge in [0.15, 0.2) is 0 Å². The molecule has 1 aliphatic heterocycles. The molecular weight excluding hydrogens is 391 g/mol. The highest BCUT2D eigenvalue weighted by Gasteiger charge is 2.28. The van der Waals surface area contributed by atoms with Gasteiger partial charge in [-0.05, 0) is 48.1 Å². The summed E-state index contributed by atoms with van der Waals surface area (Å²) in [7, 11) is 0. The smallest absolute Gasteiger partial charge is 0.268 e. The van der Waals surface area contributed by atoms with Crippen LogP contribution >= 0.6 is 34.7 Å². The molecule has 0 bridgehead atoms. The van der Waals surface area contributed by atoms with Crippen LogP contribution in [0, 0.1) is 0 Å². The van der Waals surface area contributed by atoms with Crippen molar-refractivity contribution in [3.63, 3.8) is 0 Å². The highest BCUT2D eigenvalue weighted by molar-refractivity contribution is 7.13. The van der Waals surface area contributed by atoms with E-state index in [1.165, 1.54) is 11.5 Å². The molecule has 1 aromatic heterocycles. The average Bonchev–Trinajstić information content (AvgIpc) is 3.33. The van der Waals surface area contributed by atoms with Gasteiger partial charge in [-0.2, -0.15) is 0 Å². The number of aromatic nitrogens is 2. The van der Waals surface area contributed by atoms with Crippen molar-refractivity contribution in [3.05, 3.63) is 57.6 Å². The molecule has 5 nitrogen and oxygen atoms in total. The summed E-state index contributed by atoms with van der Waals surface area (Å²) >= 11 is 13.8. The summed E-state index contributed by atoms with van der Waals surface area (Å²) in [4.78, 5) is 13.4. The van der Waals surface area contributed by atoms with Gasteiger partial charge in [-0.15, -0.1) is 5.10 Å². The van der Waals surface area contributed by atoms with E-state index >= 15 is 0 Å². The highest BCUT2D eigenvalue weighted by Crippen LogP contribution is 2.29. The molecule has 3 aromatic rings. The van der Waals surface area contributed by atoms with Gasteiger partial charge in [-0.1, -0.05) is 45.9 Å². The van der Waals surface area contributed by atoms with Gasteiger partial charge < -0.3 is 0 Å². The van der Waals surface area contributed by atoms with E-state index in [1.54, 1.807) is 11.1 Å². The molecule has 0 aliphatic carbocycles. The Labute approximate surface area is 165 Å². The Bertz CT molecular complexity index is 955. The fraction of sp³-hybridized carbons (Fsp3) is 0.278. The van der Waals surface area contributed by atoms with Crippen LogP contribution in [0.15, 0.2) is 36.4 Å². The first-order valence-electron chi connectivity index (χ1n) is 8.36. The second-order valence-corrected chi connectivity index (χ2v) is 7.70. The number of rotatable bonds is 4. The van der Waals surface area contributed by atoms with Crippen molar-refractivity contribution < 1.29 is 4.79 Å². The zero-order valence-electron chi connectivity index (χ0n) is 13.9. The van der Waals surface area contributed by atoms with Gasteiger partial charge in [0.25, 0.3) is 5.91 Å². The molecule has 1 amide bonds. The Morgan fingerprint density at radius 2 is 1.92 bits per heavy atom. The van der Waals surface area contributed by atoms with Crippen LogP contribution in [0.1, 0.15) is 28.8 Å². The monoisotopic (exact) mass is 406 g/mol. The van der Waals surface area contributed by atoms with E-state index in [-0.39, 0.29) is 5.91 Å². The van der Waals surface area contributed by atoms with Crippen molar-refractivity contribution in [2.75, 3.05) is 13.1 Å². The largest absolute Gasteiger partial charge is 0.270 e. The van der Waals surface area contributed by atoms with Crippen LogP contribution in [0.4, 0.5) is 0 Å². The fourth-order valence-corrected chi connectivity index (χ4v) is 4.23. The van der Waals surface area contributed by atoms with Crippen LogP contribution in [0.3, 0.4) is 0 Å². The second-order valence-electron chi connectivity index (χ2n) is 6.16. The standard InChI is InChI=1S/C18H16Cl2N4OS/c19-14-7-3-5-12(16(14)20)11-24(23-9-1-2-10-23)18(25)13-6-4-8-15-17(13)26-22-21-15/h3-8H,1-2,9-11H2. The van der Waals surface area contributed by atoms with E-state index in [9.17, 15) is 4.79 Å². The van der Waals surface area contributed by atoms with Crippen molar-refractivity contribution in [2.24, 2.45) is 0 Å². The third kappa shape index (κ3) is 3.30. The Balaban J connectivity index is 1.72. The maximum absolute atomic E-state index is 13.4. The molecule has 0 N–H and O–H groups in total. The van der Waals surface area contributed by atoms with Gasteiger partial charge in [-0.3, -0.25) is 9.80 Å². The number of hydrogen-bond donors (Lipinski definition) is 0. The van der Waals surface area contributed by atoms with Crippen molar-refractivity contribution >= 4 is 50.9 Å². The molecule has 8 heteroatoms. The lowest BCUT2D eigenvalue weighted by molar-refractivity contribution is -0.000716. The Kier molecular flexibility index (Phi) is 5.09. The molecule has 4 rings (SSSR count). The Morgan fingerprint density at radius 3 is 2.73 bits per heavy atom. The van der Waals surface area contributed by atoms with Crippen LogP contribution in [-0.2, 0) is 6.54 Å². The number of benzene rings is 2. The summed E-state index contributed by atoms with van der Waals surface area (Å²) in [6.07, 6.45) is 2.14. The second kappa shape index (κ2) is 7.48. The predicted octanol–water partition coefficient (Wildman–Crippen LogP) is 4.65. The van der Waals surface area contributed by atoms with Crippen LogP contribution < -0.4 is 0 Å². The van der Waals surface area contributed by atoms with Crippen molar-refractivity contribution in [3.8, 4) is 0 Å². The highest BCUT2D eigenvalue weighted by atomic mass is 35.5. The van der Waals surface area contributed by atoms with Gasteiger partial charge in [-0.25, -0.2) is 5.01 Å². The van der Waals surface area contributed by atoms with Crippen molar-refractivity contribution in [1.29, 1.82) is 0 Å². The maximum Gasteiger partial charge on any atom is 0.270 e.